The lowest BCUT2D eigenvalue weighted by molar-refractivity contribution is -0.154. The van der Waals surface area contributed by atoms with Crippen molar-refractivity contribution in [3.05, 3.63) is 47.9 Å². The molecule has 27 heavy (non-hydrogen) atoms. The van der Waals surface area contributed by atoms with Crippen LogP contribution in [0.15, 0.2) is 41.7 Å². The monoisotopic (exact) mass is 383 g/mol. The fourth-order valence-corrected chi connectivity index (χ4v) is 2.40. The number of pyridine rings is 1. The van der Waals surface area contributed by atoms with Gasteiger partial charge in [-0.3, -0.25) is 0 Å². The van der Waals surface area contributed by atoms with Crippen LogP contribution in [0.1, 0.15) is 18.2 Å². The largest absolute Gasteiger partial charge is 0.468 e. The molecule has 0 fully saturated rings. The Kier molecular flexibility index (Phi) is 7.09. The zero-order valence-corrected chi connectivity index (χ0v) is 15.6. The van der Waals surface area contributed by atoms with E-state index < -0.39 is 12.8 Å². The number of rotatable bonds is 7. The van der Waals surface area contributed by atoms with Gasteiger partial charge in [0.2, 0.25) is 5.88 Å². The molecule has 0 saturated heterocycles. The SMILES string of the molecule is CCNC(=NCc1ccnc(OCC(F)(F)F)c1)N(C)Cc1cccn1C. The second kappa shape index (κ2) is 9.29. The van der Waals surface area contributed by atoms with E-state index in [4.69, 9.17) is 0 Å². The average molecular weight is 383 g/mol. The Hall–Kier alpha value is -2.71. The average Bonchev–Trinajstić information content (AvgIpc) is 3.01. The molecule has 6 nitrogen and oxygen atoms in total. The van der Waals surface area contributed by atoms with Gasteiger partial charge in [0, 0.05) is 44.8 Å². The van der Waals surface area contributed by atoms with Gasteiger partial charge in [-0.25, -0.2) is 9.98 Å². The van der Waals surface area contributed by atoms with E-state index in [0.717, 1.165) is 5.69 Å². The normalized spacial score (nSPS) is 12.1. The molecule has 0 aliphatic rings. The predicted molar refractivity (Wildman–Crippen MR) is 97.5 cm³/mol. The highest BCUT2D eigenvalue weighted by molar-refractivity contribution is 5.79. The van der Waals surface area contributed by atoms with E-state index in [9.17, 15) is 13.2 Å². The van der Waals surface area contributed by atoms with Crippen molar-refractivity contribution in [1.29, 1.82) is 0 Å². The first-order valence-corrected chi connectivity index (χ1v) is 8.52. The maximum absolute atomic E-state index is 12.3. The summed E-state index contributed by atoms with van der Waals surface area (Å²) in [5.74, 6) is 0.635. The number of nitrogens with one attached hydrogen (secondary N) is 1. The van der Waals surface area contributed by atoms with Crippen molar-refractivity contribution in [3.8, 4) is 5.88 Å². The lowest BCUT2D eigenvalue weighted by atomic mass is 10.3. The van der Waals surface area contributed by atoms with Crippen molar-refractivity contribution in [2.24, 2.45) is 12.0 Å². The molecular weight excluding hydrogens is 359 g/mol. The summed E-state index contributed by atoms with van der Waals surface area (Å²) in [6, 6.07) is 7.18. The van der Waals surface area contributed by atoms with E-state index in [-0.39, 0.29) is 5.88 Å². The van der Waals surface area contributed by atoms with Gasteiger partial charge in [-0.05, 0) is 30.7 Å². The Morgan fingerprint density at radius 2 is 2.15 bits per heavy atom. The lowest BCUT2D eigenvalue weighted by Crippen LogP contribution is -2.38. The van der Waals surface area contributed by atoms with Gasteiger partial charge in [0.1, 0.15) is 0 Å². The Morgan fingerprint density at radius 3 is 2.78 bits per heavy atom. The van der Waals surface area contributed by atoms with E-state index in [1.165, 1.54) is 12.3 Å². The van der Waals surface area contributed by atoms with Crippen LogP contribution in [0.25, 0.3) is 0 Å². The van der Waals surface area contributed by atoms with Crippen LogP contribution < -0.4 is 10.1 Å². The van der Waals surface area contributed by atoms with Crippen molar-refractivity contribution in [2.45, 2.75) is 26.2 Å². The molecule has 0 spiro atoms. The van der Waals surface area contributed by atoms with Gasteiger partial charge >= 0.3 is 6.18 Å². The number of hydrogen-bond donors (Lipinski definition) is 1. The third-order valence-electron chi connectivity index (χ3n) is 3.74. The Bertz CT molecular complexity index is 757. The highest BCUT2D eigenvalue weighted by Crippen LogP contribution is 2.18. The van der Waals surface area contributed by atoms with E-state index in [0.29, 0.717) is 31.2 Å². The Labute approximate surface area is 156 Å². The maximum Gasteiger partial charge on any atom is 0.422 e. The van der Waals surface area contributed by atoms with Crippen LogP contribution in [0.3, 0.4) is 0 Å². The molecule has 0 aromatic carbocycles. The van der Waals surface area contributed by atoms with Crippen molar-refractivity contribution in [3.63, 3.8) is 0 Å². The van der Waals surface area contributed by atoms with Crippen molar-refractivity contribution in [1.82, 2.24) is 19.8 Å². The molecule has 0 saturated carbocycles. The first-order chi connectivity index (χ1) is 12.8. The number of ether oxygens (including phenoxy) is 1. The van der Waals surface area contributed by atoms with Crippen LogP contribution in [0.2, 0.25) is 0 Å². The number of alkyl halides is 3. The van der Waals surface area contributed by atoms with E-state index in [1.807, 2.05) is 48.8 Å². The molecule has 0 amide bonds. The second-order valence-electron chi connectivity index (χ2n) is 6.04. The van der Waals surface area contributed by atoms with E-state index in [1.54, 1.807) is 6.07 Å². The zero-order valence-electron chi connectivity index (χ0n) is 15.6. The second-order valence-corrected chi connectivity index (χ2v) is 6.04. The predicted octanol–water partition coefficient (Wildman–Crippen LogP) is 2.96. The van der Waals surface area contributed by atoms with Gasteiger partial charge < -0.3 is 19.5 Å². The molecule has 0 radical (unpaired) electrons. The third-order valence-corrected chi connectivity index (χ3v) is 3.74. The molecule has 0 bridgehead atoms. The molecule has 2 aromatic rings. The fourth-order valence-electron chi connectivity index (χ4n) is 2.40. The highest BCUT2D eigenvalue weighted by Gasteiger charge is 2.28. The van der Waals surface area contributed by atoms with Crippen LogP contribution >= 0.6 is 0 Å². The summed E-state index contributed by atoms with van der Waals surface area (Å²) in [5.41, 5.74) is 1.85. The van der Waals surface area contributed by atoms with Crippen molar-refractivity contribution >= 4 is 5.96 Å². The van der Waals surface area contributed by atoms with Crippen LogP contribution in [0.4, 0.5) is 13.2 Å². The van der Waals surface area contributed by atoms with Gasteiger partial charge in [-0.15, -0.1) is 0 Å². The van der Waals surface area contributed by atoms with Gasteiger partial charge in [0.15, 0.2) is 12.6 Å². The summed E-state index contributed by atoms with van der Waals surface area (Å²) in [6.45, 7) is 2.28. The zero-order chi connectivity index (χ0) is 19.9. The van der Waals surface area contributed by atoms with Crippen LogP contribution in [0, 0.1) is 0 Å². The van der Waals surface area contributed by atoms with Gasteiger partial charge in [-0.1, -0.05) is 0 Å². The van der Waals surface area contributed by atoms with Crippen LogP contribution in [0.5, 0.6) is 5.88 Å². The van der Waals surface area contributed by atoms with Gasteiger partial charge in [-0.2, -0.15) is 13.2 Å². The number of aryl methyl sites for hydroxylation is 1. The summed E-state index contributed by atoms with van der Waals surface area (Å²) in [6.07, 6.45) is -1.00. The standard InChI is InChI=1S/C18H24F3N5O/c1-4-22-17(26(3)12-15-6-5-9-25(15)2)24-11-14-7-8-23-16(10-14)27-13-18(19,20)21/h5-10H,4,11-13H2,1-3H3,(H,22,24). The Balaban J connectivity index is 2.04. The molecular formula is C18H24F3N5O. The summed E-state index contributed by atoms with van der Waals surface area (Å²) >= 11 is 0. The number of guanidine groups is 1. The third kappa shape index (κ3) is 6.84. The minimum Gasteiger partial charge on any atom is -0.468 e. The molecule has 0 aliphatic carbocycles. The number of hydrogen-bond acceptors (Lipinski definition) is 3. The summed E-state index contributed by atoms with van der Waals surface area (Å²) in [7, 11) is 3.91. The number of halogens is 3. The molecule has 1 N–H and O–H groups in total. The smallest absolute Gasteiger partial charge is 0.422 e. The maximum atomic E-state index is 12.3. The summed E-state index contributed by atoms with van der Waals surface area (Å²) in [4.78, 5) is 10.3. The van der Waals surface area contributed by atoms with Crippen molar-refractivity contribution < 1.29 is 17.9 Å². The first kappa shape index (κ1) is 20.6. The number of aliphatic imine (C=N–C) groups is 1. The minimum absolute atomic E-state index is 0.0674. The number of aromatic nitrogens is 2. The number of nitrogens with zero attached hydrogens (tertiary/aromatic N) is 4. The van der Waals surface area contributed by atoms with E-state index >= 15 is 0 Å². The summed E-state index contributed by atoms with van der Waals surface area (Å²) in [5, 5.41) is 3.22. The first-order valence-electron chi connectivity index (χ1n) is 8.52. The molecule has 9 heteroatoms. The van der Waals surface area contributed by atoms with Gasteiger partial charge in [0.05, 0.1) is 13.1 Å². The van der Waals surface area contributed by atoms with Gasteiger partial charge in [0.25, 0.3) is 0 Å². The molecule has 0 atom stereocenters. The molecule has 2 rings (SSSR count). The Morgan fingerprint density at radius 1 is 1.37 bits per heavy atom. The van der Waals surface area contributed by atoms with Crippen LogP contribution in [-0.4, -0.2) is 46.8 Å². The molecule has 2 aromatic heterocycles. The molecule has 148 valence electrons. The quantitative estimate of drug-likeness (QED) is 0.590. The van der Waals surface area contributed by atoms with Crippen molar-refractivity contribution in [2.75, 3.05) is 20.2 Å². The lowest BCUT2D eigenvalue weighted by Gasteiger charge is -2.22. The summed E-state index contributed by atoms with van der Waals surface area (Å²) < 4.78 is 43.5. The van der Waals surface area contributed by atoms with E-state index in [2.05, 4.69) is 20.0 Å². The minimum atomic E-state index is -4.40. The topological polar surface area (TPSA) is 54.7 Å². The molecule has 0 aliphatic heterocycles. The van der Waals surface area contributed by atoms with Crippen LogP contribution in [-0.2, 0) is 20.1 Å². The fraction of sp³-hybridized carbons (Fsp3) is 0.444. The molecule has 0 unspecified atom stereocenters. The highest BCUT2D eigenvalue weighted by atomic mass is 19.4. The molecule has 2 heterocycles.